The van der Waals surface area contributed by atoms with Crippen LogP contribution in [0.25, 0.3) is 10.2 Å². The second-order valence-electron chi connectivity index (χ2n) is 6.34. The van der Waals surface area contributed by atoms with E-state index in [2.05, 4.69) is 5.32 Å². The molecule has 1 aliphatic heterocycles. The van der Waals surface area contributed by atoms with Crippen molar-refractivity contribution in [3.05, 3.63) is 59.1 Å². The van der Waals surface area contributed by atoms with Gasteiger partial charge in [0.2, 0.25) is 0 Å². The SMILES string of the molecule is O=C(N[C@@H]1CCS(=O)(=O)C1)c1cc2sccc2n1Cc1ccccc1. The van der Waals surface area contributed by atoms with E-state index in [1.165, 1.54) is 0 Å². The molecule has 4 rings (SSSR count). The van der Waals surface area contributed by atoms with Gasteiger partial charge in [-0.2, -0.15) is 0 Å². The molecule has 1 saturated heterocycles. The van der Waals surface area contributed by atoms with Crippen LogP contribution in [0.15, 0.2) is 47.8 Å². The zero-order valence-electron chi connectivity index (χ0n) is 13.5. The fourth-order valence-electron chi connectivity index (χ4n) is 3.27. The van der Waals surface area contributed by atoms with Gasteiger partial charge in [0.15, 0.2) is 9.84 Å². The lowest BCUT2D eigenvalue weighted by atomic mass is 10.2. The summed E-state index contributed by atoms with van der Waals surface area (Å²) in [5, 5.41) is 4.90. The Morgan fingerprint density at radius 2 is 2.04 bits per heavy atom. The summed E-state index contributed by atoms with van der Waals surface area (Å²) < 4.78 is 26.3. The van der Waals surface area contributed by atoms with Crippen LogP contribution in [0.2, 0.25) is 0 Å². The van der Waals surface area contributed by atoms with E-state index in [1.807, 2.05) is 52.4 Å². The third kappa shape index (κ3) is 3.34. The van der Waals surface area contributed by atoms with Crippen LogP contribution in [-0.4, -0.2) is 36.4 Å². The summed E-state index contributed by atoms with van der Waals surface area (Å²) in [5.41, 5.74) is 2.72. The molecule has 3 aromatic rings. The highest BCUT2D eigenvalue weighted by Gasteiger charge is 2.30. The van der Waals surface area contributed by atoms with Crippen LogP contribution in [0.3, 0.4) is 0 Å². The minimum atomic E-state index is -3.02. The number of sulfone groups is 1. The van der Waals surface area contributed by atoms with Gasteiger partial charge in [0, 0.05) is 12.6 Å². The molecule has 0 radical (unpaired) electrons. The first-order valence-corrected chi connectivity index (χ1v) is 10.8. The fourth-order valence-corrected chi connectivity index (χ4v) is 5.77. The van der Waals surface area contributed by atoms with Crippen LogP contribution >= 0.6 is 11.3 Å². The number of hydrogen-bond donors (Lipinski definition) is 1. The van der Waals surface area contributed by atoms with Gasteiger partial charge in [-0.3, -0.25) is 4.79 Å². The highest BCUT2D eigenvalue weighted by Crippen LogP contribution is 2.26. The van der Waals surface area contributed by atoms with Crippen LogP contribution in [-0.2, 0) is 16.4 Å². The maximum atomic E-state index is 12.8. The lowest BCUT2D eigenvalue weighted by Gasteiger charge is -2.14. The van der Waals surface area contributed by atoms with Crippen LogP contribution in [0.5, 0.6) is 0 Å². The third-order valence-electron chi connectivity index (χ3n) is 4.51. The maximum Gasteiger partial charge on any atom is 0.268 e. The standard InChI is InChI=1S/C18H18N2O3S2/c21-18(19-14-7-9-25(22,23)12-14)16-10-17-15(6-8-24-17)20(16)11-13-4-2-1-3-5-13/h1-6,8,10,14H,7,9,11-12H2,(H,19,21)/t14-/m1/s1. The van der Waals surface area contributed by atoms with Gasteiger partial charge < -0.3 is 9.88 Å². The highest BCUT2D eigenvalue weighted by atomic mass is 32.2. The molecule has 130 valence electrons. The average Bonchev–Trinajstić information content (AvgIpc) is 3.25. The largest absolute Gasteiger partial charge is 0.347 e. The van der Waals surface area contributed by atoms with E-state index in [1.54, 1.807) is 11.3 Å². The molecule has 3 heterocycles. The number of carbonyl (C=O) groups excluding carboxylic acids is 1. The van der Waals surface area contributed by atoms with E-state index in [0.29, 0.717) is 18.7 Å². The molecule has 0 aliphatic carbocycles. The van der Waals surface area contributed by atoms with Crippen molar-refractivity contribution in [3.63, 3.8) is 0 Å². The van der Waals surface area contributed by atoms with Crippen molar-refractivity contribution in [2.24, 2.45) is 0 Å². The van der Waals surface area contributed by atoms with Crippen molar-refractivity contribution >= 4 is 37.3 Å². The summed E-state index contributed by atoms with van der Waals surface area (Å²) in [5.74, 6) is -0.0219. The number of fused-ring (bicyclic) bond motifs is 1. The smallest absolute Gasteiger partial charge is 0.268 e. The molecule has 1 amide bonds. The summed E-state index contributed by atoms with van der Waals surface area (Å²) in [6.07, 6.45) is 0.488. The first-order valence-electron chi connectivity index (χ1n) is 8.14. The summed E-state index contributed by atoms with van der Waals surface area (Å²) in [7, 11) is -3.02. The van der Waals surface area contributed by atoms with Crippen molar-refractivity contribution in [2.75, 3.05) is 11.5 Å². The Bertz CT molecular complexity index is 1020. The number of carbonyl (C=O) groups is 1. The number of amides is 1. The van der Waals surface area contributed by atoms with Gasteiger partial charge in [-0.1, -0.05) is 30.3 Å². The second-order valence-corrected chi connectivity index (χ2v) is 9.52. The monoisotopic (exact) mass is 374 g/mol. The van der Waals surface area contributed by atoms with Gasteiger partial charge in [-0.05, 0) is 29.5 Å². The first-order chi connectivity index (χ1) is 12.0. The van der Waals surface area contributed by atoms with Crippen LogP contribution < -0.4 is 5.32 Å². The van der Waals surface area contributed by atoms with Crippen molar-refractivity contribution in [1.82, 2.24) is 9.88 Å². The molecule has 5 nitrogen and oxygen atoms in total. The molecule has 25 heavy (non-hydrogen) atoms. The summed E-state index contributed by atoms with van der Waals surface area (Å²) >= 11 is 1.60. The molecule has 0 unspecified atom stereocenters. The number of nitrogens with zero attached hydrogens (tertiary/aromatic N) is 1. The van der Waals surface area contributed by atoms with Crippen LogP contribution in [0.4, 0.5) is 0 Å². The Morgan fingerprint density at radius 1 is 1.24 bits per heavy atom. The van der Waals surface area contributed by atoms with Gasteiger partial charge in [0.25, 0.3) is 5.91 Å². The van der Waals surface area contributed by atoms with Crippen LogP contribution in [0, 0.1) is 0 Å². The predicted octanol–water partition coefficient (Wildman–Crippen LogP) is 2.67. The molecule has 2 aromatic heterocycles. The summed E-state index contributed by atoms with van der Waals surface area (Å²) in [6, 6.07) is 13.6. The van der Waals surface area contributed by atoms with Gasteiger partial charge in [0.05, 0.1) is 21.7 Å². The minimum Gasteiger partial charge on any atom is -0.347 e. The average molecular weight is 374 g/mol. The van der Waals surface area contributed by atoms with E-state index in [-0.39, 0.29) is 23.5 Å². The molecule has 1 atom stereocenters. The fraction of sp³-hybridized carbons (Fsp3) is 0.278. The number of hydrogen-bond acceptors (Lipinski definition) is 4. The van der Waals surface area contributed by atoms with Gasteiger partial charge in [0.1, 0.15) is 5.69 Å². The van der Waals surface area contributed by atoms with E-state index >= 15 is 0 Å². The molecule has 1 aromatic carbocycles. The normalized spacial score (nSPS) is 19.3. The first kappa shape index (κ1) is 16.4. The van der Waals surface area contributed by atoms with Crippen LogP contribution in [0.1, 0.15) is 22.5 Å². The van der Waals surface area contributed by atoms with Crippen molar-refractivity contribution in [1.29, 1.82) is 0 Å². The summed E-state index contributed by atoms with van der Waals surface area (Å²) in [6.45, 7) is 0.604. The van der Waals surface area contributed by atoms with E-state index in [9.17, 15) is 13.2 Å². The Labute approximate surface area is 150 Å². The zero-order valence-corrected chi connectivity index (χ0v) is 15.1. The maximum absolute atomic E-state index is 12.8. The highest BCUT2D eigenvalue weighted by molar-refractivity contribution is 7.91. The summed E-state index contributed by atoms with van der Waals surface area (Å²) in [4.78, 5) is 12.8. The zero-order chi connectivity index (χ0) is 17.4. The molecule has 0 saturated carbocycles. The van der Waals surface area contributed by atoms with Gasteiger partial charge >= 0.3 is 0 Å². The number of aromatic nitrogens is 1. The van der Waals surface area contributed by atoms with Crippen molar-refractivity contribution in [3.8, 4) is 0 Å². The Kier molecular flexibility index (Phi) is 4.13. The molecular formula is C18H18N2O3S2. The molecular weight excluding hydrogens is 356 g/mol. The van der Waals surface area contributed by atoms with Crippen molar-refractivity contribution < 1.29 is 13.2 Å². The molecule has 0 spiro atoms. The molecule has 0 bridgehead atoms. The minimum absolute atomic E-state index is 0.0342. The van der Waals surface area contributed by atoms with Gasteiger partial charge in [-0.15, -0.1) is 11.3 Å². The molecule has 1 fully saturated rings. The Hall–Kier alpha value is -2.12. The number of nitrogens with one attached hydrogen (secondary N) is 1. The lowest BCUT2D eigenvalue weighted by molar-refractivity contribution is 0.0932. The number of rotatable bonds is 4. The Morgan fingerprint density at radius 3 is 2.76 bits per heavy atom. The van der Waals surface area contributed by atoms with E-state index < -0.39 is 9.84 Å². The topological polar surface area (TPSA) is 68.2 Å². The number of benzene rings is 1. The van der Waals surface area contributed by atoms with E-state index in [4.69, 9.17) is 0 Å². The molecule has 1 aliphatic rings. The molecule has 1 N–H and O–H groups in total. The molecule has 7 heteroatoms. The lowest BCUT2D eigenvalue weighted by Crippen LogP contribution is -2.36. The number of thiophene rings is 1. The van der Waals surface area contributed by atoms with Gasteiger partial charge in [-0.25, -0.2) is 8.42 Å². The Balaban J connectivity index is 1.63. The predicted molar refractivity (Wildman–Crippen MR) is 99.9 cm³/mol. The van der Waals surface area contributed by atoms with Crippen molar-refractivity contribution in [2.45, 2.75) is 19.0 Å². The second kappa shape index (κ2) is 6.31. The van der Waals surface area contributed by atoms with E-state index in [0.717, 1.165) is 15.8 Å². The quantitative estimate of drug-likeness (QED) is 0.763. The third-order valence-corrected chi connectivity index (χ3v) is 7.13.